The molecule has 3 aliphatic rings. The SMILES string of the molecule is CCCC[C@H]1C(=O)N2C[C@H](O)C[C@@H]2C(=O)N[C@@H](COC=O)C(=O)N[C@@H](C(C)C)C(=O)N(C)[C@@H](Cc2ccccc2)C(=O)N[C@@H](COC=O)C(=O)N2CSC[C@@H]2C(=O)N[C@@H](Cc2c[nH]c3ccccc23)C(=O)N[C@@H](Cc2ccc(O)cc2)C(=O)N[C@@H](CC(C)C)C(=O)N[C@H](C(=O)NCC(N)=O)CSCC(=O)N[C@@H](Cc2cc(F)c(F)c(F)c2)C(=O)N(C)[C@@H](Cc2ccccc2)C(=O)N1C. The van der Waals surface area contributed by atoms with Crippen molar-refractivity contribution in [2.75, 3.05) is 70.6 Å². The Morgan fingerprint density at radius 1 is 0.541 bits per heavy atom. The Hall–Kier alpha value is -13.1. The number of H-pyrrole nitrogens is 1. The third-order valence-corrected chi connectivity index (χ3v) is 25.0. The number of carbonyl (C=O) groups is 17. The first kappa shape index (κ1) is 104. The predicted molar refractivity (Wildman–Crippen MR) is 481 cm³/mol. The molecule has 133 heavy (non-hydrogen) atoms. The maximum Gasteiger partial charge on any atom is 0.293 e. The molecule has 3 aliphatic heterocycles. The van der Waals surface area contributed by atoms with Crippen LogP contribution in [0.25, 0.3) is 10.9 Å². The van der Waals surface area contributed by atoms with Crippen LogP contribution >= 0.6 is 23.5 Å². The van der Waals surface area contributed by atoms with E-state index < -0.39 is 253 Å². The van der Waals surface area contributed by atoms with E-state index in [-0.39, 0.29) is 80.8 Å². The molecule has 0 radical (unpaired) electrons. The molecule has 9 rings (SSSR count). The standard InChI is InChI=1S/C91H113F3N16O21S2/c1-9-10-25-70-90(128)109-41-58(114)38-72(109)85(123)102-67(42-130-48-111)83(121)105-78(51(4)5)91(129)107(7)71(35-52-19-13-11-14-20-52)84(122)103-68(43-131-49-112)88(126)110-47-133-45-74(110)86(124)101-65(37-56-39-96-62-24-18-17-23-59(56)62)82(120)100-64(33-54-26-28-57(113)29-27-54)81(119)99-63(30-50(2)3)80(118)104-69(79(117)97-40-75(95)115)44-132-46-76(116)98-66(34-55-31-60(92)77(94)61(93)32-55)87(125)108(8)73(89(127)106(70)6)36-53-21-15-12-16-22-53/h11-24,26-29,31-32,39,48-51,58,63-74,78,96,113-114H,9-10,25,30,33-38,40-47H2,1-8H3,(H2,95,115)(H,97,117)(H,98,116)(H,99,119)(H,100,120)(H,101,124)(H,102,123)(H,103,122)(H,104,118)(H,105,121)/t58-,63+,64+,65+,66+,67+,68+,69+,70+,71+,72-,73+,74-,78+/m1/s1. The van der Waals surface area contributed by atoms with E-state index in [4.69, 9.17) is 15.2 Å². The minimum absolute atomic E-state index is 0.00483. The van der Waals surface area contributed by atoms with E-state index in [9.17, 15) is 53.0 Å². The molecule has 3 saturated heterocycles. The molecule has 6 aromatic rings. The van der Waals surface area contributed by atoms with E-state index >= 15 is 51.9 Å². The summed E-state index contributed by atoms with van der Waals surface area (Å²) in [7, 11) is 3.65. The Labute approximate surface area is 773 Å². The van der Waals surface area contributed by atoms with Crippen molar-refractivity contribution in [1.82, 2.24) is 77.3 Å². The van der Waals surface area contributed by atoms with E-state index in [2.05, 4.69) is 52.8 Å². The van der Waals surface area contributed by atoms with Crippen molar-refractivity contribution < 1.29 is 114 Å². The zero-order valence-electron chi connectivity index (χ0n) is 74.7. The minimum Gasteiger partial charge on any atom is -0.508 e. The number of phenolic OH excluding ortho intramolecular Hbond substituents is 1. The zero-order chi connectivity index (χ0) is 97.0. The number of nitrogens with zero attached hydrogens (tertiary/aromatic N) is 5. The van der Waals surface area contributed by atoms with Crippen molar-refractivity contribution in [2.45, 2.75) is 183 Å². The molecule has 0 unspecified atom stereocenters. The summed E-state index contributed by atoms with van der Waals surface area (Å²) < 4.78 is 55.3. The number of carbonyl (C=O) groups excluding carboxylic acids is 17. The second-order valence-electron chi connectivity index (χ2n) is 33.6. The van der Waals surface area contributed by atoms with Crippen molar-refractivity contribution in [3.05, 3.63) is 173 Å². The van der Waals surface area contributed by atoms with Gasteiger partial charge in [-0.1, -0.05) is 138 Å². The van der Waals surface area contributed by atoms with Crippen LogP contribution in [0.4, 0.5) is 13.2 Å². The van der Waals surface area contributed by atoms with E-state index in [1.54, 1.807) is 112 Å². The van der Waals surface area contributed by atoms with Crippen LogP contribution < -0.4 is 53.6 Å². The number of primary amides is 1. The number of amides is 15. The van der Waals surface area contributed by atoms with Crippen LogP contribution in [0.15, 0.2) is 128 Å². The lowest BCUT2D eigenvalue weighted by atomic mass is 9.98. The predicted octanol–water partition coefficient (Wildman–Crippen LogP) is 0.613. The summed E-state index contributed by atoms with van der Waals surface area (Å²) in [5.74, 6) is -23.5. The van der Waals surface area contributed by atoms with E-state index in [1.807, 2.05) is 0 Å². The molecule has 42 heteroatoms. The van der Waals surface area contributed by atoms with Gasteiger partial charge >= 0.3 is 0 Å². The molecule has 4 heterocycles. The molecule has 716 valence electrons. The number of aromatic nitrogens is 1. The molecular formula is C91H113F3N16O21S2. The topological polar surface area (TPSA) is 515 Å². The number of ether oxygens (including phenoxy) is 2. The highest BCUT2D eigenvalue weighted by Crippen LogP contribution is 2.29. The van der Waals surface area contributed by atoms with Crippen LogP contribution in [0.1, 0.15) is 94.5 Å². The molecule has 3 fully saturated rings. The van der Waals surface area contributed by atoms with Crippen LogP contribution in [-0.4, -0.2) is 296 Å². The van der Waals surface area contributed by atoms with Crippen molar-refractivity contribution >= 4 is 136 Å². The van der Waals surface area contributed by atoms with Gasteiger partial charge in [-0.15, -0.1) is 23.5 Å². The second kappa shape index (κ2) is 49.4. The molecule has 1 aromatic heterocycles. The number of hydrogen-bond acceptors (Lipinski definition) is 23. The second-order valence-corrected chi connectivity index (χ2v) is 35.6. The Bertz CT molecular complexity index is 5140. The van der Waals surface area contributed by atoms with Gasteiger partial charge in [0.25, 0.3) is 12.9 Å². The molecular weight excluding hydrogens is 1770 g/mol. The fourth-order valence-electron chi connectivity index (χ4n) is 15.8. The average molecular weight is 1890 g/mol. The lowest BCUT2D eigenvalue weighted by Gasteiger charge is -2.38. The first-order chi connectivity index (χ1) is 63.4. The number of aromatic hydroxyl groups is 1. The molecule has 14 atom stereocenters. The quantitative estimate of drug-likeness (QED) is 0.0276. The number of halogens is 3. The van der Waals surface area contributed by atoms with Crippen LogP contribution in [0.3, 0.4) is 0 Å². The van der Waals surface area contributed by atoms with Gasteiger partial charge in [0, 0.05) is 94.8 Å². The molecule has 0 spiro atoms. The minimum atomic E-state index is -1.89. The number of unbranched alkanes of at least 4 members (excludes halogenated alkanes) is 1. The van der Waals surface area contributed by atoms with Gasteiger partial charge < -0.3 is 103 Å². The lowest BCUT2D eigenvalue weighted by molar-refractivity contribution is -0.152. The maximum absolute atomic E-state index is 15.7. The molecule has 14 N–H and O–H groups in total. The summed E-state index contributed by atoms with van der Waals surface area (Å²) in [5, 5.41) is 45.7. The zero-order valence-corrected chi connectivity index (χ0v) is 76.3. The number of nitrogens with two attached hydrogens (primary N) is 1. The van der Waals surface area contributed by atoms with Crippen LogP contribution in [0, 0.1) is 29.3 Å². The van der Waals surface area contributed by atoms with Gasteiger partial charge in [-0.25, -0.2) is 13.2 Å². The highest BCUT2D eigenvalue weighted by atomic mass is 32.2. The van der Waals surface area contributed by atoms with Crippen molar-refractivity contribution in [3.63, 3.8) is 0 Å². The Morgan fingerprint density at radius 3 is 1.69 bits per heavy atom. The molecule has 0 aliphatic carbocycles. The number of para-hydroxylation sites is 1. The smallest absolute Gasteiger partial charge is 0.293 e. The van der Waals surface area contributed by atoms with Crippen molar-refractivity contribution in [2.24, 2.45) is 17.6 Å². The van der Waals surface area contributed by atoms with Gasteiger partial charge in [-0.3, -0.25) is 81.5 Å². The molecule has 15 amide bonds. The summed E-state index contributed by atoms with van der Waals surface area (Å²) in [4.78, 5) is 256. The number of aliphatic hydroxyl groups is 1. The number of benzene rings is 5. The summed E-state index contributed by atoms with van der Waals surface area (Å²) in [6.07, 6.45) is -1.98. The number of phenols is 1. The number of likely N-dealkylation sites (N-methyl/N-ethyl adjacent to an activating group) is 3. The average Bonchev–Trinajstić information content (AvgIpc) is 1.73. The molecule has 0 bridgehead atoms. The van der Waals surface area contributed by atoms with Gasteiger partial charge in [0.05, 0.1) is 24.3 Å². The molecule has 0 saturated carbocycles. The summed E-state index contributed by atoms with van der Waals surface area (Å²) in [6.45, 7) is 5.15. The summed E-state index contributed by atoms with van der Waals surface area (Å²) in [6, 6.07) is 8.39. The Morgan fingerprint density at radius 2 is 1.08 bits per heavy atom. The molecule has 37 nitrogen and oxygen atoms in total. The number of fused-ring (bicyclic) bond motifs is 3. The van der Waals surface area contributed by atoms with Gasteiger partial charge in [-0.05, 0) is 82.8 Å². The number of nitrogens with one attached hydrogen (secondary N) is 10. The van der Waals surface area contributed by atoms with Gasteiger partial charge in [-0.2, -0.15) is 0 Å². The highest BCUT2D eigenvalue weighted by molar-refractivity contribution is 8.00. The number of rotatable bonds is 25. The van der Waals surface area contributed by atoms with E-state index in [0.29, 0.717) is 63.5 Å². The van der Waals surface area contributed by atoms with Crippen molar-refractivity contribution in [3.8, 4) is 5.75 Å². The fourth-order valence-corrected chi connectivity index (χ4v) is 17.8. The summed E-state index contributed by atoms with van der Waals surface area (Å²) >= 11 is 1.75. The monoisotopic (exact) mass is 1890 g/mol. The largest absolute Gasteiger partial charge is 0.508 e. The van der Waals surface area contributed by atoms with Gasteiger partial charge in [0.2, 0.25) is 88.6 Å². The normalized spacial score (nSPS) is 24.1. The highest BCUT2D eigenvalue weighted by Gasteiger charge is 2.48. The maximum atomic E-state index is 15.7. The third-order valence-electron chi connectivity index (χ3n) is 23.0. The number of thioether (sulfide) groups is 2. The van der Waals surface area contributed by atoms with E-state index in [0.717, 1.165) is 36.3 Å². The molecule has 5 aromatic carbocycles. The number of aliphatic hydroxyl groups excluding tert-OH is 1. The van der Waals surface area contributed by atoms with Crippen molar-refractivity contribution in [1.29, 1.82) is 0 Å². The summed E-state index contributed by atoms with van der Waals surface area (Å²) in [5.41, 5.74) is 7.39. The first-order valence-corrected chi connectivity index (χ1v) is 45.6. The third kappa shape index (κ3) is 28.7. The number of aromatic amines is 1. The van der Waals surface area contributed by atoms with Gasteiger partial charge in [0.15, 0.2) is 17.5 Å². The number of hydrogen-bond donors (Lipinski definition) is 13. The lowest BCUT2D eigenvalue weighted by Crippen LogP contribution is -2.62. The van der Waals surface area contributed by atoms with E-state index in [1.165, 1.54) is 59.3 Å². The first-order valence-electron chi connectivity index (χ1n) is 43.3. The Balaban J connectivity index is 1.13. The van der Waals surface area contributed by atoms with Gasteiger partial charge in [0.1, 0.15) is 97.5 Å². The van der Waals surface area contributed by atoms with Crippen LogP contribution in [0.2, 0.25) is 0 Å². The Kier molecular flexibility index (Phi) is 38.5. The van der Waals surface area contributed by atoms with Crippen LogP contribution in [-0.2, 0) is 123 Å². The fraction of sp³-hybridized carbons (Fsp3) is 0.462. The van der Waals surface area contributed by atoms with Crippen LogP contribution in [0.5, 0.6) is 5.75 Å².